The second-order valence-corrected chi connectivity index (χ2v) is 5.86. The van der Waals surface area contributed by atoms with Crippen molar-refractivity contribution in [2.75, 3.05) is 14.2 Å². The average Bonchev–Trinajstić information content (AvgIpc) is 3.09. The number of esters is 1. The number of hydrogen-bond acceptors (Lipinski definition) is 6. The molecule has 7 heteroatoms. The fourth-order valence-corrected chi connectivity index (χ4v) is 3.01. The lowest BCUT2D eigenvalue weighted by atomic mass is 10.0. The Kier molecular flexibility index (Phi) is 5.80. The number of rotatable bonds is 6. The van der Waals surface area contributed by atoms with Gasteiger partial charge >= 0.3 is 5.97 Å². The maximum absolute atomic E-state index is 14.4. The van der Waals surface area contributed by atoms with Crippen molar-refractivity contribution in [2.45, 2.75) is 19.4 Å². The fourth-order valence-electron chi connectivity index (χ4n) is 3.01. The van der Waals surface area contributed by atoms with Gasteiger partial charge in [-0.3, -0.25) is 0 Å². The van der Waals surface area contributed by atoms with Gasteiger partial charge in [-0.25, -0.2) is 9.18 Å². The van der Waals surface area contributed by atoms with Crippen LogP contribution >= 0.6 is 0 Å². The van der Waals surface area contributed by atoms with Gasteiger partial charge in [0.15, 0.2) is 5.71 Å². The van der Waals surface area contributed by atoms with Crippen LogP contribution in [0.2, 0.25) is 0 Å². The van der Waals surface area contributed by atoms with Crippen LogP contribution < -0.4 is 0 Å². The van der Waals surface area contributed by atoms with E-state index in [9.17, 15) is 9.18 Å². The fraction of sp³-hybridized carbons (Fsp3) is 0.250. The number of fused-ring (bicyclic) bond motifs is 1. The van der Waals surface area contributed by atoms with Crippen molar-refractivity contribution in [3.8, 4) is 0 Å². The predicted octanol–water partition coefficient (Wildman–Crippen LogP) is 3.22. The van der Waals surface area contributed by atoms with Crippen molar-refractivity contribution in [1.29, 1.82) is 0 Å². The van der Waals surface area contributed by atoms with E-state index in [-0.39, 0.29) is 17.9 Å². The van der Waals surface area contributed by atoms with Crippen LogP contribution in [0.4, 0.5) is 4.39 Å². The summed E-state index contributed by atoms with van der Waals surface area (Å²) in [6.07, 6.45) is 1.70. The number of ether oxygens (including phenoxy) is 1. The average molecular weight is 370 g/mol. The van der Waals surface area contributed by atoms with Gasteiger partial charge in [-0.15, -0.1) is 0 Å². The molecule has 0 atom stereocenters. The number of oxime groups is 2. The summed E-state index contributed by atoms with van der Waals surface area (Å²) in [6.45, 7) is -0.0293. The number of methoxy groups -OCH3 is 1. The zero-order valence-electron chi connectivity index (χ0n) is 15.1. The van der Waals surface area contributed by atoms with Crippen molar-refractivity contribution >= 4 is 17.4 Å². The second-order valence-electron chi connectivity index (χ2n) is 5.86. The normalized spacial score (nSPS) is 14.8. The molecular weight excluding hydrogens is 351 g/mol. The Labute approximate surface area is 156 Å². The molecule has 6 nitrogen and oxygen atoms in total. The highest BCUT2D eigenvalue weighted by Crippen LogP contribution is 2.23. The van der Waals surface area contributed by atoms with E-state index in [2.05, 4.69) is 26.0 Å². The second kappa shape index (κ2) is 8.44. The maximum Gasteiger partial charge on any atom is 0.360 e. The first-order chi connectivity index (χ1) is 13.2. The van der Waals surface area contributed by atoms with Gasteiger partial charge in [0.25, 0.3) is 0 Å². The number of benzene rings is 2. The first kappa shape index (κ1) is 18.6. The van der Waals surface area contributed by atoms with Crippen LogP contribution in [-0.4, -0.2) is 31.6 Å². The first-order valence-electron chi connectivity index (χ1n) is 8.40. The molecule has 0 saturated carbocycles. The topological polar surface area (TPSA) is 69.5 Å². The number of carbonyl (C=O) groups excluding carboxylic acids is 1. The zero-order valence-corrected chi connectivity index (χ0v) is 15.1. The van der Waals surface area contributed by atoms with Gasteiger partial charge in [-0.2, -0.15) is 0 Å². The Morgan fingerprint density at radius 2 is 1.93 bits per heavy atom. The smallest absolute Gasteiger partial charge is 0.360 e. The third-order valence-electron chi connectivity index (χ3n) is 4.25. The van der Waals surface area contributed by atoms with E-state index < -0.39 is 11.8 Å². The van der Waals surface area contributed by atoms with E-state index >= 15 is 0 Å². The molecule has 2 aromatic carbocycles. The molecule has 0 aliphatic heterocycles. The van der Waals surface area contributed by atoms with E-state index in [1.165, 1.54) is 31.9 Å². The number of halogens is 1. The summed E-state index contributed by atoms with van der Waals surface area (Å²) in [4.78, 5) is 22.1. The third kappa shape index (κ3) is 3.97. The van der Waals surface area contributed by atoms with Gasteiger partial charge in [0, 0.05) is 11.1 Å². The Morgan fingerprint density at radius 1 is 1.11 bits per heavy atom. The van der Waals surface area contributed by atoms with Crippen LogP contribution in [0, 0.1) is 5.82 Å². The molecule has 0 aromatic heterocycles. The first-order valence-corrected chi connectivity index (χ1v) is 8.40. The number of nitrogens with zero attached hydrogens (tertiary/aromatic N) is 2. The maximum atomic E-state index is 14.4. The van der Waals surface area contributed by atoms with Gasteiger partial charge in [0.2, 0.25) is 0 Å². The van der Waals surface area contributed by atoms with Crippen LogP contribution in [0.1, 0.15) is 28.7 Å². The highest BCUT2D eigenvalue weighted by atomic mass is 19.1. The summed E-state index contributed by atoms with van der Waals surface area (Å²) >= 11 is 0. The number of hydrogen-bond donors (Lipinski definition) is 0. The Hall–Kier alpha value is -3.22. The largest absolute Gasteiger partial charge is 0.464 e. The van der Waals surface area contributed by atoms with Crippen LogP contribution in [0.25, 0.3) is 0 Å². The highest BCUT2D eigenvalue weighted by Gasteiger charge is 2.24. The molecule has 0 saturated heterocycles. The Morgan fingerprint density at radius 3 is 2.70 bits per heavy atom. The van der Waals surface area contributed by atoms with Crippen molar-refractivity contribution in [1.82, 2.24) is 0 Å². The van der Waals surface area contributed by atoms with E-state index in [0.717, 1.165) is 24.1 Å². The molecule has 0 spiro atoms. The van der Waals surface area contributed by atoms with Gasteiger partial charge < -0.3 is 14.4 Å². The number of aryl methyl sites for hydroxylation is 1. The molecule has 27 heavy (non-hydrogen) atoms. The summed E-state index contributed by atoms with van der Waals surface area (Å²) in [5.74, 6) is -1.43. The molecular formula is C20H19FN2O4. The molecule has 0 amide bonds. The van der Waals surface area contributed by atoms with Gasteiger partial charge in [-0.1, -0.05) is 46.7 Å². The molecule has 1 aliphatic carbocycles. The number of carbonyl (C=O) groups is 1. The van der Waals surface area contributed by atoms with Gasteiger partial charge in [0.05, 0.1) is 18.4 Å². The summed E-state index contributed by atoms with van der Waals surface area (Å²) in [5, 5.41) is 7.82. The summed E-state index contributed by atoms with van der Waals surface area (Å²) < 4.78 is 19.1. The van der Waals surface area contributed by atoms with Crippen LogP contribution in [0.3, 0.4) is 0 Å². The highest BCUT2D eigenvalue weighted by molar-refractivity contribution is 6.43. The van der Waals surface area contributed by atoms with Crippen LogP contribution in [0.5, 0.6) is 0 Å². The molecule has 1 aliphatic rings. The molecule has 140 valence electrons. The summed E-state index contributed by atoms with van der Waals surface area (Å²) in [5.41, 5.74) is 3.25. The van der Waals surface area contributed by atoms with Gasteiger partial charge in [-0.05, 0) is 24.5 Å². The van der Waals surface area contributed by atoms with E-state index in [4.69, 9.17) is 4.84 Å². The van der Waals surface area contributed by atoms with Crippen molar-refractivity contribution in [3.63, 3.8) is 0 Å². The lowest BCUT2D eigenvalue weighted by Gasteiger charge is -2.11. The summed E-state index contributed by atoms with van der Waals surface area (Å²) in [7, 11) is 2.46. The van der Waals surface area contributed by atoms with Crippen LogP contribution in [-0.2, 0) is 32.2 Å². The molecule has 0 bridgehead atoms. The van der Waals surface area contributed by atoms with Crippen molar-refractivity contribution in [3.05, 3.63) is 70.5 Å². The van der Waals surface area contributed by atoms with E-state index in [0.29, 0.717) is 5.56 Å². The van der Waals surface area contributed by atoms with E-state index in [1.54, 1.807) is 6.07 Å². The molecule has 0 heterocycles. The molecule has 3 rings (SSSR count). The van der Waals surface area contributed by atoms with Crippen molar-refractivity contribution < 1.29 is 23.6 Å². The molecule has 0 unspecified atom stereocenters. The Balaban J connectivity index is 1.84. The van der Waals surface area contributed by atoms with Crippen molar-refractivity contribution in [2.24, 2.45) is 10.3 Å². The zero-order chi connectivity index (χ0) is 19.2. The SMILES string of the molecule is CO/N=C(/C(=O)OC)c1c(F)cccc1CO/N=C1\CCc2ccccc21. The standard InChI is InChI=1S/C20H19FN2O4/c1-25-20(24)19(23-26-2)18-14(7-5-9-16(18)21)12-27-22-17-11-10-13-6-3-4-8-15(13)17/h3-9H,10-12H2,1-2H3/b22-17+,23-19+. The molecule has 0 N–H and O–H groups in total. The predicted molar refractivity (Wildman–Crippen MR) is 98.1 cm³/mol. The molecule has 0 fully saturated rings. The summed E-state index contributed by atoms with van der Waals surface area (Å²) in [6, 6.07) is 12.4. The minimum atomic E-state index is -0.806. The molecule has 0 radical (unpaired) electrons. The van der Waals surface area contributed by atoms with Crippen LogP contribution in [0.15, 0.2) is 52.8 Å². The quantitative estimate of drug-likeness (QED) is 0.445. The molecule has 2 aromatic rings. The minimum absolute atomic E-state index is 0.0293. The lowest BCUT2D eigenvalue weighted by Crippen LogP contribution is -2.21. The minimum Gasteiger partial charge on any atom is -0.464 e. The lowest BCUT2D eigenvalue weighted by molar-refractivity contribution is -0.132. The van der Waals surface area contributed by atoms with Gasteiger partial charge in [0.1, 0.15) is 19.5 Å². The third-order valence-corrected chi connectivity index (χ3v) is 4.25. The monoisotopic (exact) mass is 370 g/mol. The van der Waals surface area contributed by atoms with E-state index in [1.807, 2.05) is 18.2 Å². The Bertz CT molecular complexity index is 909.